The van der Waals surface area contributed by atoms with Gasteiger partial charge in [0, 0.05) is 6.20 Å². The second kappa shape index (κ2) is 4.67. The van der Waals surface area contributed by atoms with Crippen LogP contribution in [0.1, 0.15) is 0 Å². The molecule has 10 heavy (non-hydrogen) atoms. The Kier molecular flexibility index (Phi) is 4.11. The molecular formula is C6H8FNO2. The third-order valence-corrected chi connectivity index (χ3v) is 0.839. The number of nitrogens with zero attached hydrogens (tertiary/aromatic N) is 1. The highest BCUT2D eigenvalue weighted by Gasteiger charge is 2.07. The minimum absolute atomic E-state index is 0.127. The Bertz CT molecular complexity index is 165. The van der Waals surface area contributed by atoms with Gasteiger partial charge in [0.05, 0.1) is 12.7 Å². The second-order valence-electron chi connectivity index (χ2n) is 1.46. The third-order valence-electron chi connectivity index (χ3n) is 0.839. The number of methoxy groups -OCH3 is 1. The first kappa shape index (κ1) is 8.81. The minimum Gasteiger partial charge on any atom is -0.466 e. The fraction of sp³-hybridized carbons (Fsp3) is 0.333. The predicted octanol–water partition coefficient (Wildman–Crippen LogP) is 0.713. The summed E-state index contributed by atoms with van der Waals surface area (Å²) in [5.41, 5.74) is -0.127. The van der Waals surface area contributed by atoms with E-state index in [9.17, 15) is 9.18 Å². The number of aliphatic imine (C=N–C) groups is 1. The van der Waals surface area contributed by atoms with Gasteiger partial charge in [0.15, 0.2) is 0 Å². The quantitative estimate of drug-likeness (QED) is 0.333. The molecule has 0 aliphatic rings. The monoisotopic (exact) mass is 145 g/mol. The van der Waals surface area contributed by atoms with Crippen molar-refractivity contribution in [1.29, 1.82) is 0 Å². The van der Waals surface area contributed by atoms with E-state index in [0.717, 1.165) is 6.20 Å². The van der Waals surface area contributed by atoms with Crippen molar-refractivity contribution >= 4 is 12.7 Å². The molecule has 0 unspecified atom stereocenters. The van der Waals surface area contributed by atoms with Crippen LogP contribution in [0, 0.1) is 0 Å². The molecule has 0 radical (unpaired) electrons. The van der Waals surface area contributed by atoms with E-state index in [2.05, 4.69) is 16.4 Å². The molecule has 0 bridgehead atoms. The first-order valence-electron chi connectivity index (χ1n) is 2.55. The zero-order valence-electron chi connectivity index (χ0n) is 5.63. The molecule has 3 nitrogen and oxygen atoms in total. The van der Waals surface area contributed by atoms with Crippen LogP contribution in [0.4, 0.5) is 4.39 Å². The normalized spacial score (nSPS) is 10.8. The van der Waals surface area contributed by atoms with E-state index >= 15 is 0 Å². The molecule has 0 spiro atoms. The Morgan fingerprint density at radius 2 is 2.50 bits per heavy atom. The lowest BCUT2D eigenvalue weighted by molar-refractivity contribution is -0.136. The van der Waals surface area contributed by atoms with Gasteiger partial charge in [-0.1, -0.05) is 0 Å². The summed E-state index contributed by atoms with van der Waals surface area (Å²) in [7, 11) is 1.18. The first-order chi connectivity index (χ1) is 4.76. The zero-order valence-corrected chi connectivity index (χ0v) is 5.63. The number of alkyl halides is 1. The van der Waals surface area contributed by atoms with Crippen molar-refractivity contribution in [2.45, 2.75) is 0 Å². The van der Waals surface area contributed by atoms with E-state index in [0.29, 0.717) is 0 Å². The summed E-state index contributed by atoms with van der Waals surface area (Å²) in [4.78, 5) is 13.7. The van der Waals surface area contributed by atoms with Crippen LogP contribution < -0.4 is 0 Å². The number of hydrogen-bond donors (Lipinski definition) is 0. The van der Waals surface area contributed by atoms with E-state index in [1.54, 1.807) is 0 Å². The topological polar surface area (TPSA) is 38.7 Å². The van der Waals surface area contributed by atoms with Gasteiger partial charge >= 0.3 is 5.97 Å². The summed E-state index contributed by atoms with van der Waals surface area (Å²) in [6.07, 6.45) is 1.03. The smallest absolute Gasteiger partial charge is 0.337 e. The van der Waals surface area contributed by atoms with Gasteiger partial charge in [-0.2, -0.15) is 0 Å². The lowest BCUT2D eigenvalue weighted by atomic mass is 10.3. The Morgan fingerprint density at radius 3 is 2.80 bits per heavy atom. The summed E-state index contributed by atoms with van der Waals surface area (Å²) in [6, 6.07) is 0. The van der Waals surface area contributed by atoms with Crippen LogP contribution in [0.25, 0.3) is 0 Å². The van der Waals surface area contributed by atoms with Crippen molar-refractivity contribution in [3.63, 3.8) is 0 Å². The molecule has 0 fully saturated rings. The number of esters is 1. The largest absolute Gasteiger partial charge is 0.466 e. The molecule has 0 aliphatic carbocycles. The van der Waals surface area contributed by atoms with E-state index in [1.807, 2.05) is 0 Å². The lowest BCUT2D eigenvalue weighted by Crippen LogP contribution is -2.05. The van der Waals surface area contributed by atoms with Gasteiger partial charge in [0.25, 0.3) is 0 Å². The minimum atomic E-state index is -0.883. The maximum absolute atomic E-state index is 11.8. The highest BCUT2D eigenvalue weighted by molar-refractivity contribution is 5.88. The van der Waals surface area contributed by atoms with Crippen LogP contribution in [0.15, 0.2) is 16.8 Å². The predicted molar refractivity (Wildman–Crippen MR) is 35.6 cm³/mol. The molecule has 0 N–H and O–H groups in total. The van der Waals surface area contributed by atoms with Gasteiger partial charge < -0.3 is 4.74 Å². The number of hydrogen-bond acceptors (Lipinski definition) is 3. The van der Waals surface area contributed by atoms with Crippen molar-refractivity contribution < 1.29 is 13.9 Å². The van der Waals surface area contributed by atoms with Crippen LogP contribution in [0.2, 0.25) is 0 Å². The molecule has 0 rings (SSSR count). The van der Waals surface area contributed by atoms with E-state index in [1.165, 1.54) is 7.11 Å². The fourth-order valence-corrected chi connectivity index (χ4v) is 0.383. The van der Waals surface area contributed by atoms with Crippen molar-refractivity contribution in [2.75, 3.05) is 13.8 Å². The molecule has 56 valence electrons. The number of carbonyl (C=O) groups excluding carboxylic acids is 1. The van der Waals surface area contributed by atoms with Crippen LogP contribution in [-0.2, 0) is 9.53 Å². The molecule has 0 amide bonds. The molecule has 0 atom stereocenters. The molecule has 0 aromatic carbocycles. The summed E-state index contributed by atoms with van der Waals surface area (Å²) in [5, 5.41) is 0. The third kappa shape index (κ3) is 2.39. The number of halogens is 1. The Balaban J connectivity index is 4.19. The maximum Gasteiger partial charge on any atom is 0.337 e. The van der Waals surface area contributed by atoms with Gasteiger partial charge in [-0.25, -0.2) is 9.18 Å². The standard InChI is InChI=1S/C6H8FNO2/c1-8-4-5(3-7)6(9)10-2/h4H,1,3H2,2H3/b5-4-. The highest BCUT2D eigenvalue weighted by Crippen LogP contribution is 1.97. The number of rotatable bonds is 3. The van der Waals surface area contributed by atoms with Gasteiger partial charge in [-0.15, -0.1) is 0 Å². The molecule has 4 heteroatoms. The molecular weight excluding hydrogens is 137 g/mol. The first-order valence-corrected chi connectivity index (χ1v) is 2.55. The second-order valence-corrected chi connectivity index (χ2v) is 1.46. The fourth-order valence-electron chi connectivity index (χ4n) is 0.383. The van der Waals surface area contributed by atoms with Crippen LogP contribution in [0.5, 0.6) is 0 Å². The maximum atomic E-state index is 11.8. The summed E-state index contributed by atoms with van der Waals surface area (Å²) in [6.45, 7) is 2.18. The Morgan fingerprint density at radius 1 is 1.90 bits per heavy atom. The summed E-state index contributed by atoms with van der Waals surface area (Å²) < 4.78 is 16.0. The van der Waals surface area contributed by atoms with Gasteiger partial charge in [-0.3, -0.25) is 4.99 Å². The Labute approximate surface area is 58.2 Å². The molecule has 0 aromatic rings. The van der Waals surface area contributed by atoms with Crippen LogP contribution in [0.3, 0.4) is 0 Å². The molecule has 0 saturated carbocycles. The van der Waals surface area contributed by atoms with E-state index < -0.39 is 12.6 Å². The van der Waals surface area contributed by atoms with E-state index in [4.69, 9.17) is 0 Å². The van der Waals surface area contributed by atoms with E-state index in [-0.39, 0.29) is 5.57 Å². The number of carbonyl (C=O) groups is 1. The molecule has 0 aliphatic heterocycles. The van der Waals surface area contributed by atoms with Gasteiger partial charge in [0.2, 0.25) is 0 Å². The SMILES string of the molecule is C=N/C=C(/CF)C(=O)OC. The van der Waals surface area contributed by atoms with Crippen LogP contribution in [-0.4, -0.2) is 26.5 Å². The van der Waals surface area contributed by atoms with Crippen LogP contribution >= 0.6 is 0 Å². The van der Waals surface area contributed by atoms with Crippen molar-refractivity contribution in [1.82, 2.24) is 0 Å². The van der Waals surface area contributed by atoms with Crippen molar-refractivity contribution in [3.05, 3.63) is 11.8 Å². The van der Waals surface area contributed by atoms with Gasteiger partial charge in [-0.05, 0) is 6.72 Å². The summed E-state index contributed by atoms with van der Waals surface area (Å²) in [5.74, 6) is -0.713. The van der Waals surface area contributed by atoms with Crippen molar-refractivity contribution in [3.8, 4) is 0 Å². The average Bonchev–Trinajstić information content (AvgIpc) is 1.99. The summed E-state index contributed by atoms with van der Waals surface area (Å²) >= 11 is 0. The Hall–Kier alpha value is -1.19. The van der Waals surface area contributed by atoms with Crippen molar-refractivity contribution in [2.24, 2.45) is 4.99 Å². The highest BCUT2D eigenvalue weighted by atomic mass is 19.1. The molecule has 0 aromatic heterocycles. The zero-order chi connectivity index (χ0) is 7.98. The number of ether oxygens (including phenoxy) is 1. The molecule has 0 saturated heterocycles. The van der Waals surface area contributed by atoms with Gasteiger partial charge in [0.1, 0.15) is 6.67 Å². The average molecular weight is 145 g/mol. The lowest BCUT2D eigenvalue weighted by Gasteiger charge is -1.96. The molecule has 0 heterocycles.